The monoisotopic (exact) mass is 420 g/mol. The average molecular weight is 420 g/mol. The summed E-state index contributed by atoms with van der Waals surface area (Å²) in [5, 5.41) is 9.25. The summed E-state index contributed by atoms with van der Waals surface area (Å²) in [5.41, 5.74) is 0.408. The van der Waals surface area contributed by atoms with Gasteiger partial charge in [0.05, 0.1) is 31.8 Å². The van der Waals surface area contributed by atoms with Crippen molar-refractivity contribution < 1.29 is 32.3 Å². The highest BCUT2D eigenvalue weighted by molar-refractivity contribution is 6.08. The predicted octanol–water partition coefficient (Wildman–Crippen LogP) is 2.81. The van der Waals surface area contributed by atoms with Crippen molar-refractivity contribution in [2.45, 2.75) is 13.2 Å². The molecule has 0 fully saturated rings. The molecule has 0 saturated carbocycles. The first kappa shape index (κ1) is 20.8. The first-order valence-electron chi connectivity index (χ1n) is 8.65. The molecular weight excluding hydrogens is 402 g/mol. The van der Waals surface area contributed by atoms with E-state index in [2.05, 4.69) is 20.5 Å². The number of hydrogen-bond donors (Lipinski definition) is 2. The van der Waals surface area contributed by atoms with Crippen molar-refractivity contribution in [3.8, 4) is 11.5 Å². The van der Waals surface area contributed by atoms with Gasteiger partial charge in [-0.1, -0.05) is 0 Å². The van der Waals surface area contributed by atoms with Crippen molar-refractivity contribution in [1.82, 2.24) is 15.1 Å². The Balaban J connectivity index is 1.75. The summed E-state index contributed by atoms with van der Waals surface area (Å²) < 4.78 is 40.7. The lowest BCUT2D eigenvalue weighted by Gasteiger charge is -2.12. The van der Waals surface area contributed by atoms with Gasteiger partial charge in [0.15, 0.2) is 11.5 Å². The zero-order valence-corrected chi connectivity index (χ0v) is 16.0. The van der Waals surface area contributed by atoms with E-state index in [9.17, 15) is 18.4 Å². The second-order valence-corrected chi connectivity index (χ2v) is 5.99. The Kier molecular flexibility index (Phi) is 6.30. The van der Waals surface area contributed by atoms with Crippen LogP contribution in [0.2, 0.25) is 0 Å². The maximum Gasteiger partial charge on any atom is 0.387 e. The molecule has 0 atom stereocenters. The zero-order valence-electron chi connectivity index (χ0n) is 16.0. The van der Waals surface area contributed by atoms with Crippen LogP contribution in [0, 0.1) is 0 Å². The summed E-state index contributed by atoms with van der Waals surface area (Å²) >= 11 is 0. The molecule has 2 N–H and O–H groups in total. The molecular formula is C19H18F2N4O5. The molecule has 3 rings (SSSR count). The van der Waals surface area contributed by atoms with Crippen molar-refractivity contribution in [2.75, 3.05) is 12.4 Å². The van der Waals surface area contributed by atoms with Crippen molar-refractivity contribution in [2.24, 2.45) is 7.05 Å². The Morgan fingerprint density at radius 2 is 2.03 bits per heavy atom. The Bertz CT molecular complexity index is 1030. The molecule has 2 amide bonds. The van der Waals surface area contributed by atoms with Crippen LogP contribution in [0.3, 0.4) is 0 Å². The number of furan rings is 1. The van der Waals surface area contributed by atoms with E-state index in [-0.39, 0.29) is 35.0 Å². The predicted molar refractivity (Wildman–Crippen MR) is 101 cm³/mol. The van der Waals surface area contributed by atoms with E-state index in [1.807, 2.05) is 0 Å². The van der Waals surface area contributed by atoms with E-state index in [0.717, 1.165) is 0 Å². The van der Waals surface area contributed by atoms with Crippen molar-refractivity contribution in [3.05, 3.63) is 59.8 Å². The van der Waals surface area contributed by atoms with Gasteiger partial charge in [-0.05, 0) is 30.3 Å². The number of halogens is 2. The fraction of sp³-hybridized carbons (Fsp3) is 0.211. The fourth-order valence-corrected chi connectivity index (χ4v) is 2.66. The Labute approximate surface area is 169 Å². The molecule has 0 aliphatic heterocycles. The van der Waals surface area contributed by atoms with Crippen molar-refractivity contribution >= 4 is 17.5 Å². The van der Waals surface area contributed by atoms with E-state index in [1.165, 1.54) is 42.5 Å². The fourth-order valence-electron chi connectivity index (χ4n) is 2.66. The highest BCUT2D eigenvalue weighted by atomic mass is 19.3. The number of nitrogens with one attached hydrogen (secondary N) is 2. The normalized spacial score (nSPS) is 10.7. The number of benzene rings is 1. The molecule has 0 spiro atoms. The minimum absolute atomic E-state index is 0.0365. The lowest BCUT2D eigenvalue weighted by Crippen LogP contribution is -2.26. The van der Waals surface area contributed by atoms with Gasteiger partial charge >= 0.3 is 6.61 Å². The minimum atomic E-state index is -3.03. The number of alkyl halides is 2. The zero-order chi connectivity index (χ0) is 21.7. The lowest BCUT2D eigenvalue weighted by molar-refractivity contribution is -0.0512. The first-order valence-corrected chi connectivity index (χ1v) is 8.65. The molecule has 30 heavy (non-hydrogen) atoms. The molecule has 0 unspecified atom stereocenters. The van der Waals surface area contributed by atoms with Crippen LogP contribution in [0.15, 0.2) is 47.2 Å². The van der Waals surface area contributed by atoms with Crippen LogP contribution in [0.1, 0.15) is 26.6 Å². The molecule has 0 aliphatic carbocycles. The number of methoxy groups -OCH3 is 1. The van der Waals surface area contributed by atoms with E-state index < -0.39 is 18.4 Å². The van der Waals surface area contributed by atoms with Gasteiger partial charge in [0, 0.05) is 12.6 Å². The third-order valence-electron chi connectivity index (χ3n) is 4.05. The van der Waals surface area contributed by atoms with E-state index in [0.29, 0.717) is 5.76 Å². The maximum absolute atomic E-state index is 12.6. The summed E-state index contributed by atoms with van der Waals surface area (Å²) in [6.07, 6.45) is 2.81. The molecule has 2 heterocycles. The number of anilines is 1. The van der Waals surface area contributed by atoms with Crippen molar-refractivity contribution in [1.29, 1.82) is 0 Å². The SMILES string of the molecule is COc1cc(C(=O)Nc2cnn(C)c2C(=O)NCc2ccco2)ccc1OC(F)F. The van der Waals surface area contributed by atoms with Crippen LogP contribution in [-0.2, 0) is 13.6 Å². The number of ether oxygens (including phenoxy) is 2. The van der Waals surface area contributed by atoms with Crippen LogP contribution in [-0.4, -0.2) is 35.3 Å². The highest BCUT2D eigenvalue weighted by Gasteiger charge is 2.20. The Morgan fingerprint density at radius 1 is 1.23 bits per heavy atom. The highest BCUT2D eigenvalue weighted by Crippen LogP contribution is 2.30. The molecule has 0 radical (unpaired) electrons. The third-order valence-corrected chi connectivity index (χ3v) is 4.05. The molecule has 158 valence electrons. The van der Waals surface area contributed by atoms with E-state index >= 15 is 0 Å². The van der Waals surface area contributed by atoms with Gasteiger partial charge in [0.2, 0.25) is 0 Å². The van der Waals surface area contributed by atoms with Crippen LogP contribution >= 0.6 is 0 Å². The number of aryl methyl sites for hydroxylation is 1. The molecule has 0 aliphatic rings. The molecule has 2 aromatic heterocycles. The largest absolute Gasteiger partial charge is 0.493 e. The summed E-state index contributed by atoms with van der Waals surface area (Å²) in [6.45, 7) is -2.87. The number of aromatic nitrogens is 2. The second-order valence-electron chi connectivity index (χ2n) is 5.99. The summed E-state index contributed by atoms with van der Waals surface area (Å²) in [7, 11) is 2.81. The quantitative estimate of drug-likeness (QED) is 0.580. The molecule has 3 aromatic rings. The second kappa shape index (κ2) is 9.07. The van der Waals surface area contributed by atoms with Crippen molar-refractivity contribution in [3.63, 3.8) is 0 Å². The van der Waals surface area contributed by atoms with Crippen LogP contribution < -0.4 is 20.1 Å². The molecule has 11 heteroatoms. The number of hydrogen-bond acceptors (Lipinski definition) is 6. The van der Waals surface area contributed by atoms with E-state index in [1.54, 1.807) is 19.2 Å². The van der Waals surface area contributed by atoms with Gasteiger partial charge < -0.3 is 24.5 Å². The molecule has 0 bridgehead atoms. The van der Waals surface area contributed by atoms with Crippen LogP contribution in [0.5, 0.6) is 11.5 Å². The van der Waals surface area contributed by atoms with Gasteiger partial charge in [-0.2, -0.15) is 13.9 Å². The van der Waals surface area contributed by atoms with Gasteiger partial charge in [-0.15, -0.1) is 0 Å². The number of nitrogens with zero attached hydrogens (tertiary/aromatic N) is 2. The smallest absolute Gasteiger partial charge is 0.387 e. The molecule has 0 saturated heterocycles. The molecule has 1 aromatic carbocycles. The number of carbonyl (C=O) groups excluding carboxylic acids is 2. The topological polar surface area (TPSA) is 108 Å². The van der Waals surface area contributed by atoms with Crippen LogP contribution in [0.4, 0.5) is 14.5 Å². The lowest BCUT2D eigenvalue weighted by atomic mass is 10.2. The third kappa shape index (κ3) is 4.74. The van der Waals surface area contributed by atoms with Gasteiger partial charge in [0.25, 0.3) is 11.8 Å². The summed E-state index contributed by atoms with van der Waals surface area (Å²) in [6, 6.07) is 7.15. The van der Waals surface area contributed by atoms with Gasteiger partial charge in [-0.25, -0.2) is 0 Å². The minimum Gasteiger partial charge on any atom is -0.493 e. The van der Waals surface area contributed by atoms with Crippen LogP contribution in [0.25, 0.3) is 0 Å². The summed E-state index contributed by atoms with van der Waals surface area (Å²) in [4.78, 5) is 25.1. The maximum atomic E-state index is 12.6. The molecule has 9 nitrogen and oxygen atoms in total. The average Bonchev–Trinajstić information content (AvgIpc) is 3.36. The Morgan fingerprint density at radius 3 is 2.70 bits per heavy atom. The first-order chi connectivity index (χ1) is 14.4. The van der Waals surface area contributed by atoms with E-state index in [4.69, 9.17) is 9.15 Å². The summed E-state index contributed by atoms with van der Waals surface area (Å²) in [5.74, 6) is -0.742. The standard InChI is InChI=1S/C19H18F2N4O5/c1-25-16(18(27)22-9-12-4-3-7-29-12)13(10-23-25)24-17(26)11-5-6-14(30-19(20)21)15(8-11)28-2/h3-8,10,19H,9H2,1-2H3,(H,22,27)(H,24,26). The Hall–Kier alpha value is -3.89. The number of amides is 2. The number of rotatable bonds is 8. The van der Waals surface area contributed by atoms with Gasteiger partial charge in [-0.3, -0.25) is 14.3 Å². The number of carbonyl (C=O) groups is 2. The van der Waals surface area contributed by atoms with Gasteiger partial charge in [0.1, 0.15) is 11.5 Å².